The number of hydrogen-bond donors (Lipinski definition) is 1. The Morgan fingerprint density at radius 1 is 1.33 bits per heavy atom. The van der Waals surface area contributed by atoms with Crippen molar-refractivity contribution in [2.45, 2.75) is 37.5 Å². The predicted octanol–water partition coefficient (Wildman–Crippen LogP) is 4.44. The lowest BCUT2D eigenvalue weighted by Crippen LogP contribution is -2.32. The fraction of sp³-hybridized carbons (Fsp3) is 0.444. The number of furan rings is 1. The molecule has 1 aromatic heterocycles. The first-order chi connectivity index (χ1) is 11.8. The van der Waals surface area contributed by atoms with Gasteiger partial charge in [-0.2, -0.15) is 0 Å². The largest absolute Gasteiger partial charge is 0.451 e. The van der Waals surface area contributed by atoms with Crippen molar-refractivity contribution >= 4 is 44.8 Å². The molecule has 0 radical (unpaired) electrons. The van der Waals surface area contributed by atoms with Gasteiger partial charge < -0.3 is 9.73 Å². The highest BCUT2D eigenvalue weighted by molar-refractivity contribution is 8.38. The molecular weight excluding hydrogens is 340 g/mol. The van der Waals surface area contributed by atoms with E-state index < -0.39 is 0 Å². The molecule has 24 heavy (non-hydrogen) atoms. The van der Waals surface area contributed by atoms with Crippen molar-refractivity contribution in [3.8, 4) is 0 Å². The van der Waals surface area contributed by atoms with E-state index in [4.69, 9.17) is 4.42 Å². The molecule has 4 nitrogen and oxygen atoms in total. The quantitative estimate of drug-likeness (QED) is 0.876. The molecule has 1 N–H and O–H groups in total. The summed E-state index contributed by atoms with van der Waals surface area (Å²) in [4.78, 5) is 17.2. The lowest BCUT2D eigenvalue weighted by molar-refractivity contribution is 0.0911. The molecule has 1 amide bonds. The Balaban J connectivity index is 1.60. The summed E-state index contributed by atoms with van der Waals surface area (Å²) in [6, 6.07) is 8.19. The van der Waals surface area contributed by atoms with Crippen molar-refractivity contribution < 1.29 is 9.21 Å². The Morgan fingerprint density at radius 2 is 2.17 bits per heavy atom. The van der Waals surface area contributed by atoms with Gasteiger partial charge in [-0.15, -0.1) is 0 Å². The molecule has 4 rings (SSSR count). The molecule has 0 bridgehead atoms. The molecule has 2 aromatic rings. The molecule has 1 aliphatic heterocycles. The van der Waals surface area contributed by atoms with E-state index in [1.165, 1.54) is 12.8 Å². The second-order valence-electron chi connectivity index (χ2n) is 6.15. The van der Waals surface area contributed by atoms with Crippen LogP contribution in [-0.2, 0) is 5.75 Å². The van der Waals surface area contributed by atoms with Crippen LogP contribution in [0.25, 0.3) is 11.0 Å². The summed E-state index contributed by atoms with van der Waals surface area (Å²) < 4.78 is 7.03. The molecule has 126 valence electrons. The first-order valence-electron chi connectivity index (χ1n) is 8.42. The second kappa shape index (κ2) is 7.23. The normalized spacial score (nSPS) is 18.2. The number of para-hydroxylation sites is 1. The minimum absolute atomic E-state index is 0.0743. The van der Waals surface area contributed by atoms with E-state index in [2.05, 4.69) is 10.3 Å². The number of carbonyl (C=O) groups excluding carboxylic acids is 1. The summed E-state index contributed by atoms with van der Waals surface area (Å²) in [5.41, 5.74) is 1.77. The molecule has 2 heterocycles. The molecule has 0 atom stereocenters. The van der Waals surface area contributed by atoms with Crippen molar-refractivity contribution in [2.24, 2.45) is 4.99 Å². The molecule has 1 fully saturated rings. The number of nitrogens with zero attached hydrogens (tertiary/aromatic N) is 1. The molecule has 0 spiro atoms. The predicted molar refractivity (Wildman–Crippen MR) is 102 cm³/mol. The fourth-order valence-electron chi connectivity index (χ4n) is 3.28. The average molecular weight is 361 g/mol. The second-order valence-corrected chi connectivity index (χ2v) is 8.45. The van der Waals surface area contributed by atoms with Crippen molar-refractivity contribution in [3.05, 3.63) is 35.6 Å². The zero-order chi connectivity index (χ0) is 16.4. The van der Waals surface area contributed by atoms with Gasteiger partial charge in [0.05, 0.1) is 6.54 Å². The van der Waals surface area contributed by atoms with E-state index in [-0.39, 0.29) is 5.91 Å². The van der Waals surface area contributed by atoms with E-state index in [1.807, 2.05) is 24.3 Å². The third-order valence-corrected chi connectivity index (χ3v) is 6.77. The van der Waals surface area contributed by atoms with Gasteiger partial charge in [-0.1, -0.05) is 54.6 Å². The van der Waals surface area contributed by atoms with Crippen LogP contribution in [0.1, 0.15) is 41.8 Å². The van der Waals surface area contributed by atoms with Gasteiger partial charge >= 0.3 is 0 Å². The van der Waals surface area contributed by atoms with Gasteiger partial charge in [0, 0.05) is 28.5 Å². The molecule has 6 heteroatoms. The summed E-state index contributed by atoms with van der Waals surface area (Å²) >= 11 is 3.50. The van der Waals surface area contributed by atoms with Crippen molar-refractivity contribution in [3.63, 3.8) is 0 Å². The van der Waals surface area contributed by atoms with Crippen LogP contribution in [0.5, 0.6) is 0 Å². The van der Waals surface area contributed by atoms with Gasteiger partial charge in [0.15, 0.2) is 5.76 Å². The van der Waals surface area contributed by atoms with Crippen molar-refractivity contribution in [1.29, 1.82) is 0 Å². The lowest BCUT2D eigenvalue weighted by atomic mass is 10.1. The molecule has 0 saturated heterocycles. The monoisotopic (exact) mass is 360 g/mol. The summed E-state index contributed by atoms with van der Waals surface area (Å²) in [6.45, 7) is 0.897. The number of aliphatic imine (C=N–C) groups is 1. The first-order valence-corrected chi connectivity index (χ1v) is 10.4. The molecule has 0 unspecified atom stereocenters. The zero-order valence-electron chi connectivity index (χ0n) is 13.4. The van der Waals surface area contributed by atoms with Gasteiger partial charge in [0.25, 0.3) is 5.91 Å². The van der Waals surface area contributed by atoms with E-state index in [0.717, 1.165) is 51.8 Å². The molecular formula is C18H20N2O2S2. The summed E-state index contributed by atoms with van der Waals surface area (Å²) in [7, 11) is 0. The maximum atomic E-state index is 12.7. The van der Waals surface area contributed by atoms with Crippen LogP contribution in [-0.4, -0.2) is 28.6 Å². The molecule has 2 aliphatic rings. The maximum absolute atomic E-state index is 12.7. The van der Waals surface area contributed by atoms with Crippen LogP contribution in [0.2, 0.25) is 0 Å². The topological polar surface area (TPSA) is 54.6 Å². The number of carbonyl (C=O) groups is 1. The fourth-order valence-corrected chi connectivity index (χ4v) is 5.32. The lowest BCUT2D eigenvalue weighted by Gasteiger charge is -2.11. The Hall–Kier alpha value is -1.40. The van der Waals surface area contributed by atoms with E-state index in [0.29, 0.717) is 11.8 Å². The van der Waals surface area contributed by atoms with Crippen LogP contribution in [0.3, 0.4) is 0 Å². The van der Waals surface area contributed by atoms with Gasteiger partial charge in [-0.25, -0.2) is 0 Å². The van der Waals surface area contributed by atoms with E-state index >= 15 is 0 Å². The molecule has 1 aliphatic carbocycles. The van der Waals surface area contributed by atoms with Crippen LogP contribution in [0.4, 0.5) is 0 Å². The summed E-state index contributed by atoms with van der Waals surface area (Å²) in [5, 5.41) is 4.18. The minimum Gasteiger partial charge on any atom is -0.451 e. The van der Waals surface area contributed by atoms with Gasteiger partial charge in [-0.05, 0) is 18.9 Å². The average Bonchev–Trinajstić information content (AvgIpc) is 3.33. The van der Waals surface area contributed by atoms with Crippen LogP contribution >= 0.6 is 23.5 Å². The highest BCUT2D eigenvalue weighted by Crippen LogP contribution is 2.32. The zero-order valence-corrected chi connectivity index (χ0v) is 15.0. The smallest absolute Gasteiger partial charge is 0.287 e. The number of hydrogen-bond acceptors (Lipinski definition) is 5. The molecule has 1 saturated carbocycles. The number of amides is 1. The molecule has 1 aromatic carbocycles. The van der Waals surface area contributed by atoms with E-state index in [1.54, 1.807) is 23.5 Å². The van der Waals surface area contributed by atoms with Crippen molar-refractivity contribution in [1.82, 2.24) is 5.32 Å². The Bertz CT molecular complexity index is 778. The number of rotatable bonds is 4. The minimum atomic E-state index is -0.0743. The number of benzene rings is 1. The number of thioether (sulfide) groups is 2. The highest BCUT2D eigenvalue weighted by Gasteiger charge is 2.24. The van der Waals surface area contributed by atoms with Crippen molar-refractivity contribution in [2.75, 3.05) is 12.3 Å². The summed E-state index contributed by atoms with van der Waals surface area (Å²) in [5.74, 6) is 2.17. The van der Waals surface area contributed by atoms with Crippen LogP contribution in [0.15, 0.2) is 33.7 Å². The summed E-state index contributed by atoms with van der Waals surface area (Å²) in [6.07, 6.45) is 4.54. The van der Waals surface area contributed by atoms with Gasteiger partial charge in [0.2, 0.25) is 0 Å². The number of nitrogens with one attached hydrogen (secondary N) is 1. The van der Waals surface area contributed by atoms with Gasteiger partial charge in [-0.3, -0.25) is 9.79 Å². The standard InChI is InChI=1S/C18H20N2O2S2/c21-17(20-12-5-1-2-6-12)16-14(11-24-18-19-9-10-23-18)13-7-3-4-8-15(13)22-16/h3-4,7-8,12H,1-2,5-6,9-11H2,(H,20,21). The maximum Gasteiger partial charge on any atom is 0.287 e. The highest BCUT2D eigenvalue weighted by atomic mass is 32.2. The third kappa shape index (κ3) is 3.35. The van der Waals surface area contributed by atoms with Gasteiger partial charge in [0.1, 0.15) is 9.96 Å². The van der Waals surface area contributed by atoms with Crippen LogP contribution < -0.4 is 5.32 Å². The van der Waals surface area contributed by atoms with E-state index in [9.17, 15) is 4.79 Å². The SMILES string of the molecule is O=C(NC1CCCC1)c1oc2ccccc2c1CSC1=NCCS1. The Labute approximate surface area is 149 Å². The first kappa shape index (κ1) is 16.1. The Morgan fingerprint density at radius 3 is 2.96 bits per heavy atom. The third-order valence-electron chi connectivity index (χ3n) is 4.49. The Kier molecular flexibility index (Phi) is 4.85. The number of fused-ring (bicyclic) bond motifs is 1. The van der Waals surface area contributed by atoms with Crippen LogP contribution in [0, 0.1) is 0 Å².